The largest absolute Gasteiger partial charge is 0.456 e. The summed E-state index contributed by atoms with van der Waals surface area (Å²) in [4.78, 5) is 22.4. The van der Waals surface area contributed by atoms with Crippen molar-refractivity contribution in [2.45, 2.75) is 0 Å². The van der Waals surface area contributed by atoms with Crippen LogP contribution in [0.2, 0.25) is 10.0 Å². The van der Waals surface area contributed by atoms with E-state index in [-0.39, 0.29) is 27.6 Å². The minimum Gasteiger partial charge on any atom is -0.456 e. The molecule has 3 rings (SSSR count). The van der Waals surface area contributed by atoms with Crippen molar-refractivity contribution in [2.24, 2.45) is 5.10 Å². The second-order valence-electron chi connectivity index (χ2n) is 6.05. The molecular weight excluding hydrogens is 443 g/mol. The predicted octanol–water partition coefficient (Wildman–Crippen LogP) is 5.33. The fraction of sp³-hybridized carbons (Fsp3) is 0. The van der Waals surface area contributed by atoms with Gasteiger partial charge in [-0.3, -0.25) is 14.9 Å². The van der Waals surface area contributed by atoms with Gasteiger partial charge in [-0.05, 0) is 42.0 Å². The third-order valence-corrected chi connectivity index (χ3v) is 4.48. The average Bonchev–Trinajstić information content (AvgIpc) is 2.74. The first-order valence-corrected chi connectivity index (χ1v) is 9.38. The van der Waals surface area contributed by atoms with Crippen LogP contribution >= 0.6 is 23.2 Å². The minimum absolute atomic E-state index is 0.0281. The van der Waals surface area contributed by atoms with Crippen molar-refractivity contribution < 1.29 is 14.5 Å². The highest BCUT2D eigenvalue weighted by molar-refractivity contribution is 6.36. The molecule has 0 fully saturated rings. The molecule has 0 aliphatic carbocycles. The molecule has 0 aliphatic rings. The SMILES string of the molecule is N#Cc1cc([N+](=O)[O-])ccc1Oc1cccc(C=NNC(=O)c2ccc(Cl)cc2Cl)c1. The Hall–Kier alpha value is -3.93. The topological polar surface area (TPSA) is 118 Å². The van der Waals surface area contributed by atoms with E-state index in [0.29, 0.717) is 16.3 Å². The monoisotopic (exact) mass is 454 g/mol. The minimum atomic E-state index is -0.590. The van der Waals surface area contributed by atoms with Gasteiger partial charge in [-0.1, -0.05) is 35.3 Å². The van der Waals surface area contributed by atoms with Crippen molar-refractivity contribution in [3.63, 3.8) is 0 Å². The molecule has 0 unspecified atom stereocenters. The van der Waals surface area contributed by atoms with Crippen molar-refractivity contribution in [1.82, 2.24) is 5.43 Å². The van der Waals surface area contributed by atoms with Gasteiger partial charge in [0.15, 0.2) is 0 Å². The van der Waals surface area contributed by atoms with Crippen LogP contribution in [0.3, 0.4) is 0 Å². The van der Waals surface area contributed by atoms with Gasteiger partial charge < -0.3 is 4.74 Å². The maximum atomic E-state index is 12.2. The molecule has 0 bridgehead atoms. The lowest BCUT2D eigenvalue weighted by Gasteiger charge is -2.08. The second kappa shape index (κ2) is 9.71. The standard InChI is InChI=1S/C21H12Cl2N4O4/c22-15-4-6-18(19(23)10-15)21(28)26-25-12-13-2-1-3-17(8-13)31-20-7-5-16(27(29)30)9-14(20)11-24/h1-10,12H,(H,26,28). The Morgan fingerprint density at radius 2 is 1.97 bits per heavy atom. The lowest BCUT2D eigenvalue weighted by Crippen LogP contribution is -2.18. The normalized spacial score (nSPS) is 10.5. The Kier molecular flexibility index (Phi) is 6.82. The number of carbonyl (C=O) groups excluding carboxylic acids is 1. The zero-order valence-corrected chi connectivity index (χ0v) is 17.1. The molecule has 0 atom stereocenters. The molecule has 1 N–H and O–H groups in total. The van der Waals surface area contributed by atoms with Crippen molar-refractivity contribution in [2.75, 3.05) is 0 Å². The first kappa shape index (κ1) is 21.8. The number of nitro benzene ring substituents is 1. The number of hydrogen-bond donors (Lipinski definition) is 1. The summed E-state index contributed by atoms with van der Waals surface area (Å²) >= 11 is 11.8. The van der Waals surface area contributed by atoms with E-state index in [1.807, 2.05) is 6.07 Å². The van der Waals surface area contributed by atoms with E-state index < -0.39 is 10.8 Å². The Morgan fingerprint density at radius 1 is 1.16 bits per heavy atom. The summed E-state index contributed by atoms with van der Waals surface area (Å²) in [5.41, 5.74) is 3.01. The van der Waals surface area contributed by atoms with Crippen LogP contribution in [-0.4, -0.2) is 17.0 Å². The number of carbonyl (C=O) groups is 1. The first-order chi connectivity index (χ1) is 14.9. The molecule has 10 heteroatoms. The highest BCUT2D eigenvalue weighted by Crippen LogP contribution is 2.28. The fourth-order valence-corrected chi connectivity index (χ4v) is 2.99. The highest BCUT2D eigenvalue weighted by atomic mass is 35.5. The van der Waals surface area contributed by atoms with Gasteiger partial charge in [0.1, 0.15) is 23.1 Å². The lowest BCUT2D eigenvalue weighted by atomic mass is 10.2. The van der Waals surface area contributed by atoms with Gasteiger partial charge in [0.25, 0.3) is 11.6 Å². The van der Waals surface area contributed by atoms with Gasteiger partial charge in [0.05, 0.1) is 21.7 Å². The van der Waals surface area contributed by atoms with Crippen LogP contribution in [0.25, 0.3) is 0 Å². The number of ether oxygens (including phenoxy) is 1. The van der Waals surface area contributed by atoms with Gasteiger partial charge in [-0.2, -0.15) is 10.4 Å². The van der Waals surface area contributed by atoms with Crippen molar-refractivity contribution in [3.8, 4) is 17.6 Å². The molecule has 0 spiro atoms. The van der Waals surface area contributed by atoms with E-state index in [1.165, 1.54) is 30.5 Å². The van der Waals surface area contributed by atoms with Crippen LogP contribution in [-0.2, 0) is 0 Å². The summed E-state index contributed by atoms with van der Waals surface area (Å²) in [6, 6.07) is 16.8. The molecule has 8 nitrogen and oxygen atoms in total. The second-order valence-corrected chi connectivity index (χ2v) is 6.89. The third-order valence-electron chi connectivity index (χ3n) is 3.94. The summed E-state index contributed by atoms with van der Waals surface area (Å²) in [6.07, 6.45) is 1.40. The number of rotatable bonds is 6. The van der Waals surface area contributed by atoms with E-state index in [1.54, 1.807) is 30.3 Å². The first-order valence-electron chi connectivity index (χ1n) is 8.62. The molecule has 0 saturated carbocycles. The molecule has 0 aromatic heterocycles. The molecule has 0 radical (unpaired) electrons. The smallest absolute Gasteiger partial charge is 0.272 e. The van der Waals surface area contributed by atoms with E-state index in [4.69, 9.17) is 27.9 Å². The lowest BCUT2D eigenvalue weighted by molar-refractivity contribution is -0.384. The summed E-state index contributed by atoms with van der Waals surface area (Å²) in [6.45, 7) is 0. The molecule has 3 aromatic carbocycles. The van der Waals surface area contributed by atoms with Gasteiger partial charge in [-0.25, -0.2) is 5.43 Å². The number of amides is 1. The zero-order valence-electron chi connectivity index (χ0n) is 15.6. The molecule has 3 aromatic rings. The summed E-state index contributed by atoms with van der Waals surface area (Å²) in [7, 11) is 0. The molecule has 0 saturated heterocycles. The number of non-ortho nitro benzene ring substituents is 1. The Labute approximate surface area is 186 Å². The third kappa shape index (κ3) is 5.57. The van der Waals surface area contributed by atoms with Crippen LogP contribution in [0, 0.1) is 21.4 Å². The number of halogens is 2. The number of nitriles is 1. The van der Waals surface area contributed by atoms with Gasteiger partial charge in [0.2, 0.25) is 0 Å². The maximum Gasteiger partial charge on any atom is 0.272 e. The average molecular weight is 455 g/mol. The van der Waals surface area contributed by atoms with Crippen LogP contribution in [0.4, 0.5) is 5.69 Å². The predicted molar refractivity (Wildman–Crippen MR) is 116 cm³/mol. The molecule has 1 amide bonds. The molecular formula is C21H12Cl2N4O4. The van der Waals surface area contributed by atoms with Gasteiger partial charge in [0, 0.05) is 17.2 Å². The van der Waals surface area contributed by atoms with E-state index in [2.05, 4.69) is 10.5 Å². The zero-order chi connectivity index (χ0) is 22.4. The number of nitrogens with zero attached hydrogens (tertiary/aromatic N) is 3. The van der Waals surface area contributed by atoms with Crippen LogP contribution in [0.1, 0.15) is 21.5 Å². The Balaban J connectivity index is 1.71. The van der Waals surface area contributed by atoms with Crippen molar-refractivity contribution >= 4 is 41.0 Å². The van der Waals surface area contributed by atoms with Gasteiger partial charge >= 0.3 is 0 Å². The fourth-order valence-electron chi connectivity index (χ4n) is 2.49. The van der Waals surface area contributed by atoms with Gasteiger partial charge in [-0.15, -0.1) is 0 Å². The van der Waals surface area contributed by atoms with Crippen LogP contribution in [0.15, 0.2) is 65.8 Å². The van der Waals surface area contributed by atoms with Crippen LogP contribution in [0.5, 0.6) is 11.5 Å². The number of hydrazone groups is 1. The highest BCUT2D eigenvalue weighted by Gasteiger charge is 2.13. The van der Waals surface area contributed by atoms with E-state index >= 15 is 0 Å². The van der Waals surface area contributed by atoms with Crippen LogP contribution < -0.4 is 10.2 Å². The van der Waals surface area contributed by atoms with Crippen molar-refractivity contribution in [1.29, 1.82) is 5.26 Å². The van der Waals surface area contributed by atoms with Crippen molar-refractivity contribution in [3.05, 3.63) is 97.5 Å². The Morgan fingerprint density at radius 3 is 2.68 bits per heavy atom. The number of nitrogens with one attached hydrogen (secondary N) is 1. The summed E-state index contributed by atoms with van der Waals surface area (Å²) in [5.74, 6) is 0.0455. The molecule has 154 valence electrons. The maximum absolute atomic E-state index is 12.2. The quantitative estimate of drug-likeness (QED) is 0.306. The number of benzene rings is 3. The molecule has 31 heavy (non-hydrogen) atoms. The summed E-state index contributed by atoms with van der Waals surface area (Å²) < 4.78 is 5.68. The van der Waals surface area contributed by atoms with E-state index in [9.17, 15) is 20.2 Å². The number of hydrogen-bond acceptors (Lipinski definition) is 6. The Bertz CT molecular complexity index is 1240. The van der Waals surface area contributed by atoms with E-state index in [0.717, 1.165) is 6.07 Å². The summed E-state index contributed by atoms with van der Waals surface area (Å²) in [5, 5.41) is 24.6. The number of nitro groups is 1. The molecule has 0 heterocycles. The molecule has 0 aliphatic heterocycles.